The number of ether oxygens (including phenoxy) is 1. The predicted octanol–water partition coefficient (Wildman–Crippen LogP) is 1.91. The number of methoxy groups -OCH3 is 1. The van der Waals surface area contributed by atoms with Gasteiger partial charge in [0.15, 0.2) is 6.29 Å². The van der Waals surface area contributed by atoms with Gasteiger partial charge in [-0.3, -0.25) is 4.79 Å². The highest BCUT2D eigenvalue weighted by Gasteiger charge is 2.05. The molecule has 0 spiro atoms. The molecule has 6 heteroatoms. The van der Waals surface area contributed by atoms with Crippen molar-refractivity contribution in [1.29, 1.82) is 0 Å². The van der Waals surface area contributed by atoms with Gasteiger partial charge in [0.1, 0.15) is 11.4 Å². The van der Waals surface area contributed by atoms with Crippen molar-refractivity contribution in [3.05, 3.63) is 40.1 Å². The molecule has 0 saturated heterocycles. The van der Waals surface area contributed by atoms with Gasteiger partial charge in [-0.15, -0.1) is 5.10 Å². The molecule has 0 atom stereocenters. The fraction of sp³-hybridized carbons (Fsp3) is 0.182. The maximum absolute atomic E-state index is 10.5. The van der Waals surface area contributed by atoms with E-state index in [4.69, 9.17) is 4.74 Å². The normalized spacial score (nSPS) is 10.2. The fourth-order valence-electron chi connectivity index (χ4n) is 1.42. The highest BCUT2D eigenvalue weighted by molar-refractivity contribution is 9.10. The molecule has 0 saturated carbocycles. The van der Waals surface area contributed by atoms with E-state index in [1.807, 2.05) is 18.2 Å². The lowest BCUT2D eigenvalue weighted by molar-refractivity contribution is 0.111. The van der Waals surface area contributed by atoms with E-state index in [0.29, 0.717) is 18.5 Å². The first-order valence-corrected chi connectivity index (χ1v) is 5.70. The summed E-state index contributed by atoms with van der Waals surface area (Å²) in [6, 6.07) is 5.68. The molecule has 0 radical (unpaired) electrons. The van der Waals surface area contributed by atoms with Crippen molar-refractivity contribution < 1.29 is 9.53 Å². The third-order valence-electron chi connectivity index (χ3n) is 2.26. The minimum absolute atomic E-state index is 0.323. The Hall–Kier alpha value is -1.69. The number of hydrogen-bond donors (Lipinski definition) is 0. The molecule has 0 aliphatic heterocycles. The van der Waals surface area contributed by atoms with Crippen LogP contribution in [0, 0.1) is 0 Å². The number of halogens is 1. The summed E-state index contributed by atoms with van der Waals surface area (Å²) in [6.45, 7) is 0.526. The maximum Gasteiger partial charge on any atom is 0.171 e. The molecule has 1 aromatic heterocycles. The summed E-state index contributed by atoms with van der Waals surface area (Å²) in [6.07, 6.45) is 2.27. The van der Waals surface area contributed by atoms with Crippen molar-refractivity contribution in [3.63, 3.8) is 0 Å². The zero-order chi connectivity index (χ0) is 12.3. The Balaban J connectivity index is 2.25. The standard InChI is InChI=1S/C11H10BrN3O2/c1-17-10-2-3-11(12)8(4-10)5-15-6-9(7-16)13-14-15/h2-4,6-7H,5H2,1H3. The number of carbonyl (C=O) groups excluding carboxylic acids is 1. The molecule has 0 N–H and O–H groups in total. The molecule has 0 aliphatic carbocycles. The molecular formula is C11H10BrN3O2. The highest BCUT2D eigenvalue weighted by Crippen LogP contribution is 2.23. The van der Waals surface area contributed by atoms with E-state index in [-0.39, 0.29) is 0 Å². The summed E-state index contributed by atoms with van der Waals surface area (Å²) >= 11 is 3.45. The lowest BCUT2D eigenvalue weighted by Gasteiger charge is -2.06. The van der Waals surface area contributed by atoms with Gasteiger partial charge in [0.25, 0.3) is 0 Å². The lowest BCUT2D eigenvalue weighted by atomic mass is 10.2. The van der Waals surface area contributed by atoms with E-state index in [0.717, 1.165) is 15.8 Å². The first kappa shape index (κ1) is 11.8. The van der Waals surface area contributed by atoms with Gasteiger partial charge in [0.05, 0.1) is 19.9 Å². The molecule has 88 valence electrons. The zero-order valence-electron chi connectivity index (χ0n) is 9.13. The lowest BCUT2D eigenvalue weighted by Crippen LogP contribution is -2.01. The van der Waals surface area contributed by atoms with Crippen LogP contribution >= 0.6 is 15.9 Å². The highest BCUT2D eigenvalue weighted by atomic mass is 79.9. The van der Waals surface area contributed by atoms with Crippen LogP contribution in [-0.2, 0) is 6.54 Å². The second-order valence-electron chi connectivity index (χ2n) is 3.42. The molecule has 1 aromatic carbocycles. The summed E-state index contributed by atoms with van der Waals surface area (Å²) in [5.74, 6) is 0.777. The summed E-state index contributed by atoms with van der Waals surface area (Å²) in [5.41, 5.74) is 1.33. The molecule has 0 fully saturated rings. The van der Waals surface area contributed by atoms with E-state index in [1.54, 1.807) is 18.0 Å². The van der Waals surface area contributed by atoms with Crippen molar-refractivity contribution in [2.45, 2.75) is 6.54 Å². The summed E-state index contributed by atoms with van der Waals surface area (Å²) in [5, 5.41) is 7.55. The van der Waals surface area contributed by atoms with Crippen molar-refractivity contribution in [3.8, 4) is 5.75 Å². The maximum atomic E-state index is 10.5. The van der Waals surface area contributed by atoms with Gasteiger partial charge in [-0.1, -0.05) is 21.1 Å². The van der Waals surface area contributed by atoms with Gasteiger partial charge in [0, 0.05) is 4.47 Å². The summed E-state index contributed by atoms with van der Waals surface area (Å²) < 4.78 is 7.71. The number of nitrogens with zero attached hydrogens (tertiary/aromatic N) is 3. The number of rotatable bonds is 4. The quantitative estimate of drug-likeness (QED) is 0.809. The minimum atomic E-state index is 0.323. The van der Waals surface area contributed by atoms with Crippen LogP contribution < -0.4 is 4.74 Å². The van der Waals surface area contributed by atoms with Crippen LogP contribution in [0.3, 0.4) is 0 Å². The molecular weight excluding hydrogens is 286 g/mol. The Bertz CT molecular complexity index is 539. The van der Waals surface area contributed by atoms with Crippen LogP contribution in [0.2, 0.25) is 0 Å². The Labute approximate surface area is 107 Å². The number of carbonyl (C=O) groups is 1. The summed E-state index contributed by atoms with van der Waals surface area (Å²) in [7, 11) is 1.62. The van der Waals surface area contributed by atoms with E-state index < -0.39 is 0 Å². The Morgan fingerprint density at radius 2 is 2.35 bits per heavy atom. The van der Waals surface area contributed by atoms with E-state index in [9.17, 15) is 4.79 Å². The number of aldehydes is 1. The van der Waals surface area contributed by atoms with Gasteiger partial charge >= 0.3 is 0 Å². The zero-order valence-corrected chi connectivity index (χ0v) is 10.7. The molecule has 5 nitrogen and oxygen atoms in total. The number of hydrogen-bond acceptors (Lipinski definition) is 4. The van der Waals surface area contributed by atoms with Crippen LogP contribution in [0.1, 0.15) is 16.1 Å². The molecule has 0 unspecified atom stereocenters. The first-order valence-electron chi connectivity index (χ1n) is 4.90. The van der Waals surface area contributed by atoms with Gasteiger partial charge in [-0.25, -0.2) is 4.68 Å². The molecule has 1 heterocycles. The predicted molar refractivity (Wildman–Crippen MR) is 65.2 cm³/mol. The smallest absolute Gasteiger partial charge is 0.171 e. The average Bonchev–Trinajstić information content (AvgIpc) is 2.80. The average molecular weight is 296 g/mol. The van der Waals surface area contributed by atoms with Gasteiger partial charge in [-0.05, 0) is 23.8 Å². The first-order chi connectivity index (χ1) is 8.22. The third kappa shape index (κ3) is 2.71. The monoisotopic (exact) mass is 295 g/mol. The molecule has 2 rings (SSSR count). The Morgan fingerprint density at radius 3 is 3.00 bits per heavy atom. The second-order valence-corrected chi connectivity index (χ2v) is 4.27. The van der Waals surface area contributed by atoms with E-state index in [1.165, 1.54) is 0 Å². The van der Waals surface area contributed by atoms with Crippen LogP contribution in [0.15, 0.2) is 28.9 Å². The number of aromatic nitrogens is 3. The molecule has 0 amide bonds. The van der Waals surface area contributed by atoms with Gasteiger partial charge < -0.3 is 4.74 Å². The molecule has 0 aliphatic rings. The van der Waals surface area contributed by atoms with Crippen molar-refractivity contribution in [2.75, 3.05) is 7.11 Å². The second kappa shape index (κ2) is 5.09. The topological polar surface area (TPSA) is 57.0 Å². The van der Waals surface area contributed by atoms with Crippen LogP contribution in [-0.4, -0.2) is 28.4 Å². The van der Waals surface area contributed by atoms with Crippen LogP contribution in [0.25, 0.3) is 0 Å². The molecule has 17 heavy (non-hydrogen) atoms. The van der Waals surface area contributed by atoms with E-state index in [2.05, 4.69) is 26.2 Å². The van der Waals surface area contributed by atoms with Crippen LogP contribution in [0.5, 0.6) is 5.75 Å². The van der Waals surface area contributed by atoms with E-state index >= 15 is 0 Å². The molecule has 0 bridgehead atoms. The fourth-order valence-corrected chi connectivity index (χ4v) is 1.79. The number of benzene rings is 1. The Kier molecular flexibility index (Phi) is 3.53. The largest absolute Gasteiger partial charge is 0.497 e. The summed E-state index contributed by atoms with van der Waals surface area (Å²) in [4.78, 5) is 10.5. The van der Waals surface area contributed by atoms with Crippen molar-refractivity contribution >= 4 is 22.2 Å². The Morgan fingerprint density at radius 1 is 1.53 bits per heavy atom. The van der Waals surface area contributed by atoms with Gasteiger partial charge in [-0.2, -0.15) is 0 Å². The van der Waals surface area contributed by atoms with Gasteiger partial charge in [0.2, 0.25) is 0 Å². The third-order valence-corrected chi connectivity index (χ3v) is 3.04. The molecule has 2 aromatic rings. The van der Waals surface area contributed by atoms with Crippen molar-refractivity contribution in [1.82, 2.24) is 15.0 Å². The van der Waals surface area contributed by atoms with Crippen LogP contribution in [0.4, 0.5) is 0 Å². The minimum Gasteiger partial charge on any atom is -0.497 e. The van der Waals surface area contributed by atoms with Crippen molar-refractivity contribution in [2.24, 2.45) is 0 Å². The SMILES string of the molecule is COc1ccc(Br)c(Cn2cc(C=O)nn2)c1.